The number of hydrogen-bond acceptors (Lipinski definition) is 8. The summed E-state index contributed by atoms with van der Waals surface area (Å²) in [6.07, 6.45) is 6.84. The SMILES string of the molecule is COc1ccc2c3c1O[C@H]1[C@H](N(C)C(=O)/C=C\c4ccoc4)CC[C@@]4(O)[C@@H](C2)N(S(=O)(=O)c2cccc(C(=O)N(C)C)c2)CC[C@]314. The molecule has 0 radical (unpaired) electrons. The number of piperidine rings is 1. The number of likely N-dealkylation sites (N-methyl/N-ethyl adjacent to an activating group) is 1. The molecule has 1 N–H and O–H groups in total. The first-order valence-electron chi connectivity index (χ1n) is 15.3. The number of furan rings is 1. The Kier molecular flexibility index (Phi) is 7.11. The van der Waals surface area contributed by atoms with E-state index in [1.807, 2.05) is 12.1 Å². The van der Waals surface area contributed by atoms with Gasteiger partial charge in [0.25, 0.3) is 5.91 Å². The van der Waals surface area contributed by atoms with E-state index >= 15 is 0 Å². The number of sulfonamides is 1. The van der Waals surface area contributed by atoms with Crippen LogP contribution < -0.4 is 9.47 Å². The van der Waals surface area contributed by atoms with Crippen LogP contribution in [0, 0.1) is 0 Å². The van der Waals surface area contributed by atoms with E-state index < -0.39 is 39.2 Å². The molecule has 2 aliphatic heterocycles. The molecule has 0 unspecified atom stereocenters. The highest BCUT2D eigenvalue weighted by Crippen LogP contribution is 2.66. The van der Waals surface area contributed by atoms with Crippen LogP contribution in [0.2, 0.25) is 0 Å². The maximum atomic E-state index is 14.4. The average Bonchev–Trinajstić information content (AvgIpc) is 3.69. The van der Waals surface area contributed by atoms with Crippen molar-refractivity contribution in [1.82, 2.24) is 14.1 Å². The van der Waals surface area contributed by atoms with Gasteiger partial charge in [-0.3, -0.25) is 9.59 Å². The number of rotatable bonds is 7. The highest BCUT2D eigenvalue weighted by Gasteiger charge is 2.74. The van der Waals surface area contributed by atoms with Gasteiger partial charge in [0.2, 0.25) is 15.9 Å². The van der Waals surface area contributed by atoms with Gasteiger partial charge >= 0.3 is 0 Å². The number of methoxy groups -OCH3 is 1. The van der Waals surface area contributed by atoms with Crippen LogP contribution in [0.5, 0.6) is 11.5 Å². The van der Waals surface area contributed by atoms with Crippen LogP contribution in [0.4, 0.5) is 0 Å². The number of ether oxygens (including phenoxy) is 2. The molecule has 12 heteroatoms. The fourth-order valence-corrected chi connectivity index (χ4v) is 10.0. The fraction of sp³-hybridized carbons (Fsp3) is 0.412. The molecule has 1 saturated carbocycles. The van der Waals surface area contributed by atoms with Crippen molar-refractivity contribution in [3.05, 3.63) is 83.3 Å². The third kappa shape index (κ3) is 4.19. The summed E-state index contributed by atoms with van der Waals surface area (Å²) in [4.78, 5) is 29.2. The van der Waals surface area contributed by atoms with E-state index in [0.29, 0.717) is 17.9 Å². The van der Waals surface area contributed by atoms with Crippen LogP contribution in [0.1, 0.15) is 46.3 Å². The molecular weight excluding hydrogens is 610 g/mol. The summed E-state index contributed by atoms with van der Waals surface area (Å²) < 4.78 is 47.7. The molecule has 2 aromatic carbocycles. The smallest absolute Gasteiger partial charge is 0.253 e. The summed E-state index contributed by atoms with van der Waals surface area (Å²) in [6.45, 7) is 0.127. The van der Waals surface area contributed by atoms with Gasteiger partial charge in [-0.2, -0.15) is 4.31 Å². The molecule has 46 heavy (non-hydrogen) atoms. The fourth-order valence-electron chi connectivity index (χ4n) is 8.32. The number of carbonyl (C=O) groups excluding carboxylic acids is 2. The van der Waals surface area contributed by atoms with E-state index in [9.17, 15) is 23.1 Å². The van der Waals surface area contributed by atoms with Gasteiger partial charge in [0.15, 0.2) is 11.5 Å². The molecule has 242 valence electrons. The predicted octanol–water partition coefficient (Wildman–Crippen LogP) is 3.07. The second-order valence-electron chi connectivity index (χ2n) is 12.8. The van der Waals surface area contributed by atoms with Crippen LogP contribution >= 0.6 is 0 Å². The molecule has 3 aromatic rings. The Hall–Kier alpha value is -4.13. The van der Waals surface area contributed by atoms with Gasteiger partial charge in [0.1, 0.15) is 6.10 Å². The molecule has 2 bridgehead atoms. The maximum absolute atomic E-state index is 14.4. The largest absolute Gasteiger partial charge is 0.493 e. The molecular formula is C34H37N3O8S. The first-order chi connectivity index (χ1) is 21.9. The van der Waals surface area contributed by atoms with Crippen LogP contribution in [0.3, 0.4) is 0 Å². The quantitative estimate of drug-likeness (QED) is 0.388. The lowest BCUT2D eigenvalue weighted by Gasteiger charge is -2.64. The minimum absolute atomic E-state index is 0.00335. The Morgan fingerprint density at radius 3 is 2.65 bits per heavy atom. The molecule has 1 spiro atoms. The zero-order valence-electron chi connectivity index (χ0n) is 26.2. The van der Waals surface area contributed by atoms with Crippen molar-refractivity contribution >= 4 is 27.9 Å². The van der Waals surface area contributed by atoms with Crippen LogP contribution in [0.15, 0.2) is 70.4 Å². The first-order valence-corrected chi connectivity index (χ1v) is 16.8. The van der Waals surface area contributed by atoms with Crippen molar-refractivity contribution in [1.29, 1.82) is 0 Å². The summed E-state index contributed by atoms with van der Waals surface area (Å²) in [5.74, 6) is 0.561. The van der Waals surface area contributed by atoms with Crippen molar-refractivity contribution in [3.63, 3.8) is 0 Å². The number of aliphatic hydroxyl groups is 1. The highest BCUT2D eigenvalue weighted by atomic mass is 32.2. The van der Waals surface area contributed by atoms with Gasteiger partial charge in [-0.05, 0) is 67.7 Å². The van der Waals surface area contributed by atoms with Gasteiger partial charge < -0.3 is 28.8 Å². The van der Waals surface area contributed by atoms with Crippen LogP contribution in [0.25, 0.3) is 6.08 Å². The number of carbonyl (C=O) groups is 2. The zero-order chi connectivity index (χ0) is 32.6. The molecule has 2 fully saturated rings. The Morgan fingerprint density at radius 2 is 1.93 bits per heavy atom. The standard InChI is InChI=1S/C34H37N3O8S/c1-35(2)32(39)23-6-5-7-24(18-23)46(41,42)37-16-15-33-29-22-9-10-26(43-4)30(29)45-31(33)25(12-14-34(33,40)27(37)19-22)36(3)28(38)11-8-21-13-17-44-20-21/h5-11,13,17-18,20,25,27,31,40H,12,14-16,19H2,1-4H3/b11-8-/t25-,27-,31+,33+,34-/m1/s1. The first kappa shape index (κ1) is 30.5. The van der Waals surface area contributed by atoms with Crippen molar-refractivity contribution in [2.75, 3.05) is 34.8 Å². The molecule has 3 heterocycles. The van der Waals surface area contributed by atoms with Crippen LogP contribution in [-0.2, 0) is 26.7 Å². The number of amides is 2. The van der Waals surface area contributed by atoms with E-state index in [4.69, 9.17) is 13.9 Å². The molecule has 1 saturated heterocycles. The van der Waals surface area contributed by atoms with Gasteiger partial charge in [0, 0.05) is 50.5 Å². The molecule has 4 aliphatic rings. The summed E-state index contributed by atoms with van der Waals surface area (Å²) in [5, 5.41) is 12.9. The lowest BCUT2D eigenvalue weighted by atomic mass is 9.48. The Labute approximate surface area is 268 Å². The second kappa shape index (κ2) is 10.7. The van der Waals surface area contributed by atoms with Crippen molar-refractivity contribution < 1.29 is 37.0 Å². The van der Waals surface area contributed by atoms with E-state index in [1.165, 1.54) is 33.7 Å². The number of nitrogens with zero attached hydrogens (tertiary/aromatic N) is 3. The molecule has 1 aromatic heterocycles. The third-order valence-corrected chi connectivity index (χ3v) is 12.4. The third-order valence-electron chi connectivity index (χ3n) is 10.5. The summed E-state index contributed by atoms with van der Waals surface area (Å²) >= 11 is 0. The molecule has 2 amide bonds. The molecule has 7 rings (SSSR count). The number of hydrogen-bond donors (Lipinski definition) is 1. The van der Waals surface area contributed by atoms with Crippen LogP contribution in [-0.4, -0.2) is 98.0 Å². The van der Waals surface area contributed by atoms with Gasteiger partial charge in [-0.15, -0.1) is 0 Å². The van der Waals surface area contributed by atoms with Crippen molar-refractivity contribution in [3.8, 4) is 11.5 Å². The minimum Gasteiger partial charge on any atom is -0.493 e. The molecule has 5 atom stereocenters. The van der Waals surface area contributed by atoms with Gasteiger partial charge in [-0.25, -0.2) is 8.42 Å². The highest BCUT2D eigenvalue weighted by molar-refractivity contribution is 7.89. The summed E-state index contributed by atoms with van der Waals surface area (Å²) in [7, 11) is 2.41. The normalized spacial score (nSPS) is 28.0. The topological polar surface area (TPSA) is 130 Å². The van der Waals surface area contributed by atoms with Gasteiger partial charge in [0.05, 0.1) is 47.6 Å². The van der Waals surface area contributed by atoms with Crippen molar-refractivity contribution in [2.24, 2.45) is 0 Å². The zero-order valence-corrected chi connectivity index (χ0v) is 27.0. The monoisotopic (exact) mass is 647 g/mol. The Bertz CT molecular complexity index is 1860. The second-order valence-corrected chi connectivity index (χ2v) is 14.7. The molecule has 11 nitrogen and oxygen atoms in total. The minimum atomic E-state index is -4.12. The van der Waals surface area contributed by atoms with E-state index in [1.54, 1.807) is 63.7 Å². The van der Waals surface area contributed by atoms with E-state index in [2.05, 4.69) is 0 Å². The Morgan fingerprint density at radius 1 is 1.13 bits per heavy atom. The average molecular weight is 648 g/mol. The van der Waals surface area contributed by atoms with Crippen molar-refractivity contribution in [2.45, 2.75) is 59.8 Å². The lowest BCUT2D eigenvalue weighted by Crippen LogP contribution is -2.78. The number of benzene rings is 2. The van der Waals surface area contributed by atoms with E-state index in [-0.39, 0.29) is 48.1 Å². The Balaban J connectivity index is 1.30. The summed E-state index contributed by atoms with van der Waals surface area (Å²) in [6, 6.07) is 10.4. The maximum Gasteiger partial charge on any atom is 0.253 e. The summed E-state index contributed by atoms with van der Waals surface area (Å²) in [5.41, 5.74) is 0.304. The van der Waals surface area contributed by atoms with Gasteiger partial charge in [-0.1, -0.05) is 12.1 Å². The lowest BCUT2D eigenvalue weighted by molar-refractivity contribution is -0.186. The van der Waals surface area contributed by atoms with E-state index in [0.717, 1.165) is 16.7 Å². The predicted molar refractivity (Wildman–Crippen MR) is 168 cm³/mol. The molecule has 2 aliphatic carbocycles.